The summed E-state index contributed by atoms with van der Waals surface area (Å²) in [6.07, 6.45) is 9.16. The Hall–Kier alpha value is 0. The second kappa shape index (κ2) is 4.03. The van der Waals surface area contributed by atoms with E-state index in [0.717, 1.165) is 23.2 Å². The van der Waals surface area contributed by atoms with E-state index in [0.29, 0.717) is 5.41 Å². The van der Waals surface area contributed by atoms with Crippen LogP contribution in [0.25, 0.3) is 0 Å². The predicted octanol–water partition coefficient (Wildman–Crippen LogP) is 5.28. The van der Waals surface area contributed by atoms with Crippen molar-refractivity contribution >= 4 is 0 Å². The average molecular weight is 222 g/mol. The van der Waals surface area contributed by atoms with E-state index in [9.17, 15) is 0 Å². The molecule has 0 aliphatic heterocycles. The Bertz CT molecular complexity index is 229. The third kappa shape index (κ3) is 2.81. The third-order valence-electron chi connectivity index (χ3n) is 4.59. The van der Waals surface area contributed by atoms with Crippen LogP contribution in [0.5, 0.6) is 0 Å². The minimum absolute atomic E-state index is 0.549. The average Bonchev–Trinajstić information content (AvgIpc) is 1.92. The van der Waals surface area contributed by atoms with Gasteiger partial charge in [-0.05, 0) is 67.1 Å². The van der Waals surface area contributed by atoms with Gasteiger partial charge >= 0.3 is 0 Å². The normalized spacial score (nSPS) is 38.6. The van der Waals surface area contributed by atoms with Crippen molar-refractivity contribution in [2.45, 2.75) is 73.1 Å². The lowest BCUT2D eigenvalue weighted by Crippen LogP contribution is -2.48. The summed E-state index contributed by atoms with van der Waals surface area (Å²) in [6.45, 7) is 11.9. The highest BCUT2D eigenvalue weighted by Crippen LogP contribution is 2.63. The molecule has 2 rings (SSSR count). The van der Waals surface area contributed by atoms with E-state index in [1.165, 1.54) is 12.8 Å². The number of rotatable bonds is 3. The van der Waals surface area contributed by atoms with Crippen LogP contribution in [0.4, 0.5) is 0 Å². The van der Waals surface area contributed by atoms with Gasteiger partial charge in [-0.1, -0.05) is 34.6 Å². The fourth-order valence-electron chi connectivity index (χ4n) is 4.51. The summed E-state index contributed by atoms with van der Waals surface area (Å²) in [6, 6.07) is 0. The highest BCUT2D eigenvalue weighted by atomic mass is 14.6. The predicted molar refractivity (Wildman–Crippen MR) is 71.4 cm³/mol. The van der Waals surface area contributed by atoms with Crippen LogP contribution in [0.3, 0.4) is 0 Å². The van der Waals surface area contributed by atoms with Crippen LogP contribution < -0.4 is 0 Å². The first kappa shape index (κ1) is 12.5. The number of hydrogen-bond acceptors (Lipinski definition) is 0. The van der Waals surface area contributed by atoms with E-state index in [1.54, 1.807) is 25.7 Å². The van der Waals surface area contributed by atoms with Gasteiger partial charge in [0, 0.05) is 0 Å². The zero-order valence-corrected chi connectivity index (χ0v) is 12.0. The van der Waals surface area contributed by atoms with Crippen LogP contribution >= 0.6 is 0 Å². The van der Waals surface area contributed by atoms with Crippen LogP contribution in [-0.4, -0.2) is 0 Å². The third-order valence-corrected chi connectivity index (χ3v) is 4.59. The van der Waals surface area contributed by atoms with E-state index >= 15 is 0 Å². The Morgan fingerprint density at radius 2 is 1.50 bits per heavy atom. The molecule has 0 atom stereocenters. The molecular formula is C16H30. The maximum atomic E-state index is 2.39. The molecule has 0 N–H and O–H groups in total. The van der Waals surface area contributed by atoms with Crippen molar-refractivity contribution in [3.63, 3.8) is 0 Å². The summed E-state index contributed by atoms with van der Waals surface area (Å²) < 4.78 is 0. The second-order valence-corrected chi connectivity index (χ2v) is 8.44. The van der Waals surface area contributed by atoms with Gasteiger partial charge in [0.25, 0.3) is 0 Å². The molecule has 2 saturated carbocycles. The molecule has 2 aliphatic carbocycles. The van der Waals surface area contributed by atoms with Crippen molar-refractivity contribution < 1.29 is 0 Å². The highest BCUT2D eigenvalue weighted by Gasteiger charge is 2.52. The molecule has 0 saturated heterocycles. The molecule has 0 nitrogen and oxygen atoms in total. The van der Waals surface area contributed by atoms with Gasteiger partial charge in [0.15, 0.2) is 0 Å². The van der Waals surface area contributed by atoms with E-state index in [-0.39, 0.29) is 0 Å². The zero-order chi connectivity index (χ0) is 12.0. The molecule has 16 heavy (non-hydrogen) atoms. The van der Waals surface area contributed by atoms with Gasteiger partial charge in [-0.25, -0.2) is 0 Å². The van der Waals surface area contributed by atoms with Gasteiger partial charge in [-0.3, -0.25) is 0 Å². The first-order chi connectivity index (χ1) is 7.28. The van der Waals surface area contributed by atoms with Gasteiger partial charge in [-0.15, -0.1) is 0 Å². The van der Waals surface area contributed by atoms with Crippen molar-refractivity contribution in [1.29, 1.82) is 0 Å². The standard InChI is InChI=1S/C16H30/c1-12(2)6-13-8-16(9-13)10-14(11-16)7-15(3,4)5/h12-14H,6-11H2,1-5H3. The van der Waals surface area contributed by atoms with Crippen LogP contribution in [0.1, 0.15) is 73.1 Å². The van der Waals surface area contributed by atoms with E-state index in [2.05, 4.69) is 34.6 Å². The quantitative estimate of drug-likeness (QED) is 0.610. The first-order valence-electron chi connectivity index (χ1n) is 7.28. The minimum atomic E-state index is 0.549. The fraction of sp³-hybridized carbons (Fsp3) is 1.00. The SMILES string of the molecule is CC(C)CC1CC2(C1)CC(CC(C)(C)C)C2. The second-order valence-electron chi connectivity index (χ2n) is 8.44. The summed E-state index contributed by atoms with van der Waals surface area (Å²) in [4.78, 5) is 0. The van der Waals surface area contributed by atoms with Crippen LogP contribution in [-0.2, 0) is 0 Å². The zero-order valence-electron chi connectivity index (χ0n) is 12.0. The van der Waals surface area contributed by atoms with E-state index in [1.807, 2.05) is 0 Å². The molecule has 94 valence electrons. The molecule has 0 amide bonds. The lowest BCUT2D eigenvalue weighted by molar-refractivity contribution is -0.0836. The van der Waals surface area contributed by atoms with Crippen molar-refractivity contribution in [3.05, 3.63) is 0 Å². The minimum Gasteiger partial charge on any atom is -0.0628 e. The van der Waals surface area contributed by atoms with Gasteiger partial charge in [0.05, 0.1) is 0 Å². The van der Waals surface area contributed by atoms with E-state index < -0.39 is 0 Å². The molecule has 2 aliphatic rings. The van der Waals surface area contributed by atoms with Crippen molar-refractivity contribution in [3.8, 4) is 0 Å². The topological polar surface area (TPSA) is 0 Å². The first-order valence-corrected chi connectivity index (χ1v) is 7.28. The lowest BCUT2D eigenvalue weighted by atomic mass is 9.46. The fourth-order valence-corrected chi connectivity index (χ4v) is 4.51. The molecule has 0 heteroatoms. The van der Waals surface area contributed by atoms with Gasteiger partial charge in [0.2, 0.25) is 0 Å². The van der Waals surface area contributed by atoms with Gasteiger partial charge in [-0.2, -0.15) is 0 Å². The summed E-state index contributed by atoms with van der Waals surface area (Å²) in [5, 5.41) is 0. The summed E-state index contributed by atoms with van der Waals surface area (Å²) in [5.41, 5.74) is 1.39. The summed E-state index contributed by atoms with van der Waals surface area (Å²) in [5.74, 6) is 3.04. The van der Waals surface area contributed by atoms with E-state index in [4.69, 9.17) is 0 Å². The van der Waals surface area contributed by atoms with Crippen LogP contribution in [0.2, 0.25) is 0 Å². The van der Waals surface area contributed by atoms with Crippen LogP contribution in [0, 0.1) is 28.6 Å². The molecule has 0 aromatic carbocycles. The van der Waals surface area contributed by atoms with Gasteiger partial charge in [0.1, 0.15) is 0 Å². The largest absolute Gasteiger partial charge is 0.0628 e. The molecule has 1 spiro atoms. The maximum absolute atomic E-state index is 2.39. The van der Waals surface area contributed by atoms with Crippen molar-refractivity contribution in [2.24, 2.45) is 28.6 Å². The summed E-state index contributed by atoms with van der Waals surface area (Å²) in [7, 11) is 0. The number of hydrogen-bond donors (Lipinski definition) is 0. The Balaban J connectivity index is 1.67. The Morgan fingerprint density at radius 1 is 1.00 bits per heavy atom. The molecule has 0 aromatic heterocycles. The summed E-state index contributed by atoms with van der Waals surface area (Å²) >= 11 is 0. The highest BCUT2D eigenvalue weighted by molar-refractivity contribution is 5.03. The molecule has 0 unspecified atom stereocenters. The van der Waals surface area contributed by atoms with Crippen LogP contribution in [0.15, 0.2) is 0 Å². The Kier molecular flexibility index (Phi) is 3.14. The molecule has 0 radical (unpaired) electrons. The molecule has 0 bridgehead atoms. The molecule has 0 aromatic rings. The van der Waals surface area contributed by atoms with Crippen molar-refractivity contribution in [2.75, 3.05) is 0 Å². The monoisotopic (exact) mass is 222 g/mol. The molecule has 0 heterocycles. The van der Waals surface area contributed by atoms with Gasteiger partial charge < -0.3 is 0 Å². The van der Waals surface area contributed by atoms with Crippen molar-refractivity contribution in [1.82, 2.24) is 0 Å². The lowest BCUT2D eigenvalue weighted by Gasteiger charge is -2.59. The Labute approximate surface area is 102 Å². The maximum Gasteiger partial charge on any atom is -0.0287 e. The molecule has 2 fully saturated rings. The molecular weight excluding hydrogens is 192 g/mol. The Morgan fingerprint density at radius 3 is 1.94 bits per heavy atom. The smallest absolute Gasteiger partial charge is 0.0287 e.